The molecule has 2 rings (SSSR count). The molecule has 104 valence electrons. The molecule has 0 saturated heterocycles. The highest BCUT2D eigenvalue weighted by molar-refractivity contribution is 6.30. The van der Waals surface area contributed by atoms with Gasteiger partial charge in [-0.15, -0.1) is 0 Å². The highest BCUT2D eigenvalue weighted by Crippen LogP contribution is 2.22. The van der Waals surface area contributed by atoms with Gasteiger partial charge in [0.05, 0.1) is 0 Å². The Labute approximate surface area is 125 Å². The molecule has 0 aromatic heterocycles. The van der Waals surface area contributed by atoms with E-state index in [0.29, 0.717) is 12.3 Å². The van der Waals surface area contributed by atoms with Gasteiger partial charge in [0.15, 0.2) is 5.78 Å². The summed E-state index contributed by atoms with van der Waals surface area (Å²) in [7, 11) is 0. The van der Waals surface area contributed by atoms with Crippen molar-refractivity contribution in [2.45, 2.75) is 26.7 Å². The van der Waals surface area contributed by atoms with Crippen molar-refractivity contribution in [3.63, 3.8) is 0 Å². The maximum Gasteiger partial charge on any atom is 0.163 e. The first-order chi connectivity index (χ1) is 9.60. The normalized spacial score (nSPS) is 12.2. The summed E-state index contributed by atoms with van der Waals surface area (Å²) in [6.45, 7) is 4.22. The van der Waals surface area contributed by atoms with E-state index in [1.165, 1.54) is 0 Å². The Morgan fingerprint density at radius 2 is 1.50 bits per heavy atom. The van der Waals surface area contributed by atoms with Crippen molar-refractivity contribution >= 4 is 17.4 Å². The molecular formula is C18H19ClO. The summed E-state index contributed by atoms with van der Waals surface area (Å²) < 4.78 is 0. The zero-order chi connectivity index (χ0) is 14.5. The standard InChI is InChI=1S/C18H19ClO/c1-3-13(2)12-18(20)16-6-4-14(5-7-16)15-8-10-17(19)11-9-15/h4-11,13H,3,12H2,1-2H3. The molecule has 0 aliphatic carbocycles. The number of hydrogen-bond acceptors (Lipinski definition) is 1. The Kier molecular flexibility index (Phi) is 4.97. The molecule has 20 heavy (non-hydrogen) atoms. The Hall–Kier alpha value is -1.60. The summed E-state index contributed by atoms with van der Waals surface area (Å²) >= 11 is 5.88. The second kappa shape index (κ2) is 6.71. The summed E-state index contributed by atoms with van der Waals surface area (Å²) in [5.74, 6) is 0.667. The van der Waals surface area contributed by atoms with Crippen LogP contribution in [0.15, 0.2) is 48.5 Å². The minimum absolute atomic E-state index is 0.224. The number of carbonyl (C=O) groups excluding carboxylic acids is 1. The molecule has 1 nitrogen and oxygen atoms in total. The summed E-state index contributed by atoms with van der Waals surface area (Å²) in [5, 5.41) is 0.731. The number of ketones is 1. The van der Waals surface area contributed by atoms with Gasteiger partial charge in [-0.2, -0.15) is 0 Å². The van der Waals surface area contributed by atoms with Crippen LogP contribution in [0.5, 0.6) is 0 Å². The third-order valence-corrected chi connectivity index (χ3v) is 3.87. The maximum absolute atomic E-state index is 12.1. The van der Waals surface area contributed by atoms with Crippen molar-refractivity contribution in [1.82, 2.24) is 0 Å². The van der Waals surface area contributed by atoms with Crippen LogP contribution in [-0.2, 0) is 0 Å². The van der Waals surface area contributed by atoms with E-state index in [1.807, 2.05) is 48.5 Å². The van der Waals surface area contributed by atoms with Gasteiger partial charge in [0.1, 0.15) is 0 Å². The third-order valence-electron chi connectivity index (χ3n) is 3.62. The van der Waals surface area contributed by atoms with Crippen molar-refractivity contribution in [2.24, 2.45) is 5.92 Å². The van der Waals surface area contributed by atoms with Gasteiger partial charge in [0.25, 0.3) is 0 Å². The van der Waals surface area contributed by atoms with Crippen LogP contribution in [0.1, 0.15) is 37.0 Å². The number of hydrogen-bond donors (Lipinski definition) is 0. The minimum Gasteiger partial charge on any atom is -0.294 e. The average molecular weight is 287 g/mol. The van der Waals surface area contributed by atoms with Crippen molar-refractivity contribution in [2.75, 3.05) is 0 Å². The Balaban J connectivity index is 2.14. The average Bonchev–Trinajstić information content (AvgIpc) is 2.48. The summed E-state index contributed by atoms with van der Waals surface area (Å²) in [5.41, 5.74) is 3.00. The van der Waals surface area contributed by atoms with Gasteiger partial charge >= 0.3 is 0 Å². The van der Waals surface area contributed by atoms with Gasteiger partial charge < -0.3 is 0 Å². The second-order valence-electron chi connectivity index (χ2n) is 5.22. The zero-order valence-electron chi connectivity index (χ0n) is 11.9. The van der Waals surface area contributed by atoms with E-state index >= 15 is 0 Å². The Morgan fingerprint density at radius 1 is 1.00 bits per heavy atom. The quantitative estimate of drug-likeness (QED) is 0.651. The van der Waals surface area contributed by atoms with Gasteiger partial charge in [0, 0.05) is 17.0 Å². The van der Waals surface area contributed by atoms with Gasteiger partial charge in [0.2, 0.25) is 0 Å². The number of Topliss-reactive ketones (excluding diaryl/α,β-unsaturated/α-hetero) is 1. The highest BCUT2D eigenvalue weighted by atomic mass is 35.5. The van der Waals surface area contributed by atoms with Crippen molar-refractivity contribution in [3.05, 3.63) is 59.1 Å². The van der Waals surface area contributed by atoms with Crippen molar-refractivity contribution in [3.8, 4) is 11.1 Å². The molecule has 0 aliphatic rings. The lowest BCUT2D eigenvalue weighted by Gasteiger charge is -2.08. The molecule has 0 radical (unpaired) electrons. The Morgan fingerprint density at radius 3 is 2.00 bits per heavy atom. The molecule has 0 heterocycles. The first kappa shape index (κ1) is 14.8. The monoisotopic (exact) mass is 286 g/mol. The maximum atomic E-state index is 12.1. The molecule has 2 aromatic carbocycles. The molecule has 0 N–H and O–H groups in total. The lowest BCUT2D eigenvalue weighted by Crippen LogP contribution is -2.05. The predicted molar refractivity (Wildman–Crippen MR) is 85.3 cm³/mol. The molecular weight excluding hydrogens is 268 g/mol. The fraction of sp³-hybridized carbons (Fsp3) is 0.278. The molecule has 2 aromatic rings. The van der Waals surface area contributed by atoms with E-state index in [1.54, 1.807) is 0 Å². The first-order valence-corrected chi connectivity index (χ1v) is 7.37. The van der Waals surface area contributed by atoms with Crippen LogP contribution in [-0.4, -0.2) is 5.78 Å². The number of rotatable bonds is 5. The predicted octanol–water partition coefficient (Wildman–Crippen LogP) is 5.63. The van der Waals surface area contributed by atoms with E-state index in [2.05, 4.69) is 13.8 Å². The summed E-state index contributed by atoms with van der Waals surface area (Å²) in [6.07, 6.45) is 1.66. The molecule has 2 heteroatoms. The summed E-state index contributed by atoms with van der Waals surface area (Å²) in [4.78, 5) is 12.1. The van der Waals surface area contributed by atoms with E-state index in [9.17, 15) is 4.79 Å². The number of carbonyl (C=O) groups is 1. The molecule has 1 atom stereocenters. The molecule has 0 bridgehead atoms. The highest BCUT2D eigenvalue weighted by Gasteiger charge is 2.10. The topological polar surface area (TPSA) is 17.1 Å². The van der Waals surface area contributed by atoms with Crippen molar-refractivity contribution < 1.29 is 4.79 Å². The fourth-order valence-corrected chi connectivity index (χ4v) is 2.20. The van der Waals surface area contributed by atoms with Gasteiger partial charge in [-0.25, -0.2) is 0 Å². The van der Waals surface area contributed by atoms with Gasteiger partial charge in [-0.05, 0) is 29.2 Å². The largest absolute Gasteiger partial charge is 0.294 e. The molecule has 0 amide bonds. The zero-order valence-corrected chi connectivity index (χ0v) is 12.7. The Bertz CT molecular complexity index is 569. The molecule has 0 spiro atoms. The lowest BCUT2D eigenvalue weighted by molar-refractivity contribution is 0.0963. The van der Waals surface area contributed by atoms with E-state index < -0.39 is 0 Å². The molecule has 0 fully saturated rings. The summed E-state index contributed by atoms with van der Waals surface area (Å²) in [6, 6.07) is 15.5. The first-order valence-electron chi connectivity index (χ1n) is 6.99. The smallest absolute Gasteiger partial charge is 0.163 e. The van der Waals surface area contributed by atoms with Crippen LogP contribution >= 0.6 is 11.6 Å². The fourth-order valence-electron chi connectivity index (χ4n) is 2.07. The van der Waals surface area contributed by atoms with E-state index in [-0.39, 0.29) is 5.78 Å². The van der Waals surface area contributed by atoms with Gasteiger partial charge in [-0.1, -0.05) is 68.3 Å². The number of halogens is 1. The molecule has 1 unspecified atom stereocenters. The van der Waals surface area contributed by atoms with Crippen LogP contribution in [0.25, 0.3) is 11.1 Å². The van der Waals surface area contributed by atoms with Crippen LogP contribution < -0.4 is 0 Å². The van der Waals surface area contributed by atoms with Crippen LogP contribution in [0.4, 0.5) is 0 Å². The third kappa shape index (κ3) is 3.71. The van der Waals surface area contributed by atoms with E-state index in [4.69, 9.17) is 11.6 Å². The minimum atomic E-state index is 0.224. The van der Waals surface area contributed by atoms with Crippen LogP contribution in [0, 0.1) is 5.92 Å². The second-order valence-corrected chi connectivity index (χ2v) is 5.66. The lowest BCUT2D eigenvalue weighted by atomic mass is 9.96. The van der Waals surface area contributed by atoms with Gasteiger partial charge in [-0.3, -0.25) is 4.79 Å². The van der Waals surface area contributed by atoms with Crippen LogP contribution in [0.2, 0.25) is 5.02 Å². The molecule has 0 aliphatic heterocycles. The molecule has 0 saturated carbocycles. The van der Waals surface area contributed by atoms with E-state index in [0.717, 1.165) is 28.1 Å². The van der Waals surface area contributed by atoms with Crippen LogP contribution in [0.3, 0.4) is 0 Å². The van der Waals surface area contributed by atoms with Crippen molar-refractivity contribution in [1.29, 1.82) is 0 Å². The number of benzene rings is 2. The SMILES string of the molecule is CCC(C)CC(=O)c1ccc(-c2ccc(Cl)cc2)cc1.